The zero-order valence-electron chi connectivity index (χ0n) is 11.7. The van der Waals surface area contributed by atoms with Crippen LogP contribution >= 0.6 is 11.6 Å². The molecule has 10 heteroatoms. The SMILES string of the molecule is CS(=O)(=O)Nc1ccc(NS(=O)(=O)c2ccccc2F)cc1Cl. The lowest BCUT2D eigenvalue weighted by Crippen LogP contribution is -2.15. The van der Waals surface area contributed by atoms with E-state index in [1.165, 1.54) is 30.3 Å². The summed E-state index contributed by atoms with van der Waals surface area (Å²) in [5, 5.41) is -0.0100. The molecule has 0 unspecified atom stereocenters. The van der Waals surface area contributed by atoms with Crippen molar-refractivity contribution in [3.8, 4) is 0 Å². The van der Waals surface area contributed by atoms with Crippen LogP contribution in [0.25, 0.3) is 0 Å². The number of hydrogen-bond acceptors (Lipinski definition) is 4. The van der Waals surface area contributed by atoms with Crippen LogP contribution in [0.3, 0.4) is 0 Å². The van der Waals surface area contributed by atoms with Gasteiger partial charge in [0.05, 0.1) is 22.7 Å². The second kappa shape index (κ2) is 6.34. The maximum Gasteiger partial charge on any atom is 0.264 e. The van der Waals surface area contributed by atoms with Crippen molar-refractivity contribution in [2.75, 3.05) is 15.7 Å². The standard InChI is InChI=1S/C13H12ClFN2O4S2/c1-22(18,19)17-12-7-6-9(8-10(12)14)16-23(20,21)13-5-3-2-4-11(13)15/h2-8,16-17H,1H3. The van der Waals surface area contributed by atoms with E-state index in [1.54, 1.807) is 0 Å². The fourth-order valence-electron chi connectivity index (χ4n) is 1.73. The highest BCUT2D eigenvalue weighted by molar-refractivity contribution is 7.92. The lowest BCUT2D eigenvalue weighted by Gasteiger charge is -2.11. The van der Waals surface area contributed by atoms with Gasteiger partial charge in [0, 0.05) is 0 Å². The van der Waals surface area contributed by atoms with Gasteiger partial charge in [-0.3, -0.25) is 9.44 Å². The highest BCUT2D eigenvalue weighted by atomic mass is 35.5. The molecule has 6 nitrogen and oxygen atoms in total. The molecule has 0 aliphatic rings. The first kappa shape index (κ1) is 17.5. The minimum absolute atomic E-state index is 0.0100. The van der Waals surface area contributed by atoms with Gasteiger partial charge in [0.25, 0.3) is 10.0 Å². The molecule has 0 bridgehead atoms. The van der Waals surface area contributed by atoms with Crippen LogP contribution in [0, 0.1) is 5.82 Å². The number of nitrogens with one attached hydrogen (secondary N) is 2. The predicted molar refractivity (Wildman–Crippen MR) is 87.1 cm³/mol. The molecular formula is C13H12ClFN2O4S2. The second-order valence-electron chi connectivity index (χ2n) is 4.60. The van der Waals surface area contributed by atoms with Gasteiger partial charge < -0.3 is 0 Å². The summed E-state index contributed by atoms with van der Waals surface area (Å²) in [5.74, 6) is -0.888. The number of sulfonamides is 2. The van der Waals surface area contributed by atoms with Crippen LogP contribution in [0.1, 0.15) is 0 Å². The summed E-state index contributed by atoms with van der Waals surface area (Å²) in [6, 6.07) is 8.73. The first-order valence-corrected chi connectivity index (χ1v) is 9.88. The van der Waals surface area contributed by atoms with Gasteiger partial charge in [0.1, 0.15) is 10.7 Å². The van der Waals surface area contributed by atoms with Gasteiger partial charge in [-0.2, -0.15) is 0 Å². The van der Waals surface area contributed by atoms with E-state index in [9.17, 15) is 21.2 Å². The summed E-state index contributed by atoms with van der Waals surface area (Å²) in [5.41, 5.74) is 0.167. The number of rotatable bonds is 5. The van der Waals surface area contributed by atoms with Gasteiger partial charge in [-0.25, -0.2) is 21.2 Å². The Hall–Kier alpha value is -1.84. The van der Waals surface area contributed by atoms with Crippen LogP contribution in [0.5, 0.6) is 0 Å². The predicted octanol–water partition coefficient (Wildman–Crippen LogP) is 2.65. The highest BCUT2D eigenvalue weighted by Gasteiger charge is 2.19. The summed E-state index contributed by atoms with van der Waals surface area (Å²) >= 11 is 5.91. The summed E-state index contributed by atoms with van der Waals surface area (Å²) in [7, 11) is -7.65. The van der Waals surface area contributed by atoms with Crippen molar-refractivity contribution in [2.24, 2.45) is 0 Å². The molecule has 0 aliphatic carbocycles. The highest BCUT2D eigenvalue weighted by Crippen LogP contribution is 2.27. The van der Waals surface area contributed by atoms with E-state index in [1.807, 2.05) is 0 Å². The molecule has 0 aromatic heterocycles. The lowest BCUT2D eigenvalue weighted by atomic mass is 10.3. The van der Waals surface area contributed by atoms with Crippen molar-refractivity contribution in [1.82, 2.24) is 0 Å². The van der Waals surface area contributed by atoms with Crippen LogP contribution < -0.4 is 9.44 Å². The van der Waals surface area contributed by atoms with E-state index in [-0.39, 0.29) is 16.4 Å². The molecule has 124 valence electrons. The Kier molecular flexibility index (Phi) is 4.83. The molecule has 0 spiro atoms. The van der Waals surface area contributed by atoms with Crippen molar-refractivity contribution >= 4 is 43.0 Å². The van der Waals surface area contributed by atoms with Crippen LogP contribution in [0.2, 0.25) is 5.02 Å². The van der Waals surface area contributed by atoms with Gasteiger partial charge in [0.15, 0.2) is 0 Å². The Morgan fingerprint density at radius 2 is 1.65 bits per heavy atom. The molecule has 0 saturated heterocycles. The van der Waals surface area contributed by atoms with Gasteiger partial charge in [-0.05, 0) is 30.3 Å². The Bertz CT molecular complexity index is 946. The summed E-state index contributed by atoms with van der Waals surface area (Å²) in [4.78, 5) is -0.505. The maximum absolute atomic E-state index is 13.6. The number of halogens is 2. The third kappa shape index (κ3) is 4.57. The number of anilines is 2. The average Bonchev–Trinajstić information content (AvgIpc) is 2.40. The Balaban J connectivity index is 2.31. The third-order valence-electron chi connectivity index (χ3n) is 2.64. The molecule has 0 amide bonds. The van der Waals surface area contributed by atoms with Crippen molar-refractivity contribution in [3.63, 3.8) is 0 Å². The smallest absolute Gasteiger partial charge is 0.264 e. The first-order chi connectivity index (χ1) is 10.6. The van der Waals surface area contributed by atoms with E-state index < -0.39 is 30.8 Å². The Labute approximate surface area is 138 Å². The molecule has 2 N–H and O–H groups in total. The summed E-state index contributed by atoms with van der Waals surface area (Å²) < 4.78 is 64.6. The van der Waals surface area contributed by atoms with E-state index in [0.29, 0.717) is 0 Å². The third-order valence-corrected chi connectivity index (χ3v) is 4.96. The fourth-order valence-corrected chi connectivity index (χ4v) is 3.72. The monoisotopic (exact) mass is 378 g/mol. The van der Waals surface area contributed by atoms with Gasteiger partial charge >= 0.3 is 0 Å². The minimum Gasteiger partial charge on any atom is -0.282 e. The van der Waals surface area contributed by atoms with Crippen molar-refractivity contribution in [2.45, 2.75) is 4.90 Å². The fraction of sp³-hybridized carbons (Fsp3) is 0.0769. The molecule has 0 fully saturated rings. The van der Waals surface area contributed by atoms with Gasteiger partial charge in [0.2, 0.25) is 10.0 Å². The van der Waals surface area contributed by atoms with Crippen molar-refractivity contribution in [3.05, 3.63) is 53.3 Å². The zero-order valence-corrected chi connectivity index (χ0v) is 14.1. The number of benzene rings is 2. The van der Waals surface area contributed by atoms with Crippen LogP contribution in [-0.4, -0.2) is 23.1 Å². The largest absolute Gasteiger partial charge is 0.282 e. The molecule has 0 aliphatic heterocycles. The lowest BCUT2D eigenvalue weighted by molar-refractivity contribution is 0.570. The van der Waals surface area contributed by atoms with Crippen LogP contribution in [0.15, 0.2) is 47.4 Å². The molecule has 2 aromatic carbocycles. The van der Waals surface area contributed by atoms with Crippen molar-refractivity contribution in [1.29, 1.82) is 0 Å². The zero-order chi connectivity index (χ0) is 17.3. The summed E-state index contributed by atoms with van der Waals surface area (Å²) in [6.45, 7) is 0. The Morgan fingerprint density at radius 1 is 1.00 bits per heavy atom. The molecule has 0 atom stereocenters. The van der Waals surface area contributed by atoms with Crippen molar-refractivity contribution < 1.29 is 21.2 Å². The molecule has 0 radical (unpaired) electrons. The van der Waals surface area contributed by atoms with Crippen LogP contribution in [0.4, 0.5) is 15.8 Å². The van der Waals surface area contributed by atoms with E-state index in [2.05, 4.69) is 9.44 Å². The van der Waals surface area contributed by atoms with Gasteiger partial charge in [-0.15, -0.1) is 0 Å². The molecular weight excluding hydrogens is 367 g/mol. The normalized spacial score (nSPS) is 12.0. The first-order valence-electron chi connectivity index (χ1n) is 6.13. The second-order valence-corrected chi connectivity index (χ2v) is 8.41. The quantitative estimate of drug-likeness (QED) is 0.836. The average molecular weight is 379 g/mol. The molecule has 0 saturated carbocycles. The molecule has 0 heterocycles. The number of hydrogen-bond donors (Lipinski definition) is 2. The molecule has 23 heavy (non-hydrogen) atoms. The maximum atomic E-state index is 13.6. The van der Waals surface area contributed by atoms with Crippen LogP contribution in [-0.2, 0) is 20.0 Å². The molecule has 2 aromatic rings. The topological polar surface area (TPSA) is 92.3 Å². The summed E-state index contributed by atoms with van der Waals surface area (Å²) in [6.07, 6.45) is 0.956. The van der Waals surface area contributed by atoms with Gasteiger partial charge in [-0.1, -0.05) is 23.7 Å². The van der Waals surface area contributed by atoms with E-state index in [4.69, 9.17) is 11.6 Å². The van der Waals surface area contributed by atoms with E-state index >= 15 is 0 Å². The molecule has 2 rings (SSSR count). The Morgan fingerprint density at radius 3 is 2.22 bits per heavy atom. The van der Waals surface area contributed by atoms with E-state index in [0.717, 1.165) is 18.4 Å². The minimum atomic E-state index is -4.13.